The van der Waals surface area contributed by atoms with Crippen molar-refractivity contribution in [2.45, 2.75) is 6.92 Å². The van der Waals surface area contributed by atoms with Crippen LogP contribution in [0.4, 0.5) is 4.39 Å². The fraction of sp³-hybridized carbons (Fsp3) is 0.143. The van der Waals surface area contributed by atoms with E-state index in [-0.39, 0.29) is 11.6 Å². The molecule has 0 saturated heterocycles. The maximum absolute atomic E-state index is 12.8. The van der Waals surface area contributed by atoms with Crippen LogP contribution in [0.3, 0.4) is 0 Å². The molecule has 0 spiro atoms. The molecule has 1 nitrogen and oxygen atoms in total. The van der Waals surface area contributed by atoms with Crippen molar-refractivity contribution in [2.75, 3.05) is 0 Å². The van der Waals surface area contributed by atoms with Gasteiger partial charge in [-0.25, -0.2) is 4.39 Å². The van der Waals surface area contributed by atoms with E-state index in [9.17, 15) is 4.39 Å². The molecular weight excluding hydrogens is 199 g/mol. The van der Waals surface area contributed by atoms with Crippen LogP contribution in [-0.2, 0) is 0 Å². The summed E-state index contributed by atoms with van der Waals surface area (Å²) in [5.74, 6) is -0.247. The largest absolute Gasteiger partial charge is 0.508 e. The lowest BCUT2D eigenvalue weighted by Gasteiger charge is -1.98. The molecule has 0 bridgehead atoms. The lowest BCUT2D eigenvalue weighted by molar-refractivity contribution is 0.471. The van der Waals surface area contributed by atoms with E-state index < -0.39 is 0 Å². The van der Waals surface area contributed by atoms with Crippen LogP contribution >= 0.6 is 15.9 Å². The van der Waals surface area contributed by atoms with Crippen LogP contribution in [0, 0.1) is 12.7 Å². The van der Waals surface area contributed by atoms with Crippen molar-refractivity contribution in [3.63, 3.8) is 0 Å². The summed E-state index contributed by atoms with van der Waals surface area (Å²) in [7, 11) is 0. The maximum atomic E-state index is 12.8. The van der Waals surface area contributed by atoms with Crippen molar-refractivity contribution in [3.8, 4) is 5.75 Å². The van der Waals surface area contributed by atoms with E-state index in [4.69, 9.17) is 5.11 Å². The minimum absolute atomic E-state index is 0.0748. The third-order valence-electron chi connectivity index (χ3n) is 1.19. The lowest BCUT2D eigenvalue weighted by atomic mass is 10.2. The number of phenols is 1. The SMILES string of the molecule is Cc1cc(O)cc(Br)c1F. The van der Waals surface area contributed by atoms with Gasteiger partial charge < -0.3 is 5.11 Å². The van der Waals surface area contributed by atoms with E-state index in [1.807, 2.05) is 0 Å². The molecular formula is C7H6BrFO. The van der Waals surface area contributed by atoms with Crippen molar-refractivity contribution < 1.29 is 9.50 Å². The molecule has 0 radical (unpaired) electrons. The predicted octanol–water partition coefficient (Wildman–Crippen LogP) is 2.60. The van der Waals surface area contributed by atoms with Gasteiger partial charge in [0.2, 0.25) is 0 Å². The Morgan fingerprint density at radius 1 is 1.50 bits per heavy atom. The van der Waals surface area contributed by atoms with Gasteiger partial charge in [0, 0.05) is 0 Å². The highest BCUT2D eigenvalue weighted by Gasteiger charge is 2.03. The van der Waals surface area contributed by atoms with E-state index in [1.54, 1.807) is 6.92 Å². The molecule has 1 aromatic rings. The van der Waals surface area contributed by atoms with Crippen LogP contribution in [0.1, 0.15) is 5.56 Å². The first kappa shape index (κ1) is 7.54. The maximum Gasteiger partial charge on any atom is 0.140 e. The summed E-state index contributed by atoms with van der Waals surface area (Å²) in [5, 5.41) is 8.92. The van der Waals surface area contributed by atoms with Crippen molar-refractivity contribution >= 4 is 15.9 Å². The van der Waals surface area contributed by atoms with Gasteiger partial charge in [-0.1, -0.05) is 0 Å². The zero-order valence-corrected chi connectivity index (χ0v) is 6.94. The van der Waals surface area contributed by atoms with Crippen LogP contribution < -0.4 is 0 Å². The molecule has 1 aromatic carbocycles. The molecule has 10 heavy (non-hydrogen) atoms. The van der Waals surface area contributed by atoms with E-state index in [2.05, 4.69) is 15.9 Å². The van der Waals surface area contributed by atoms with Gasteiger partial charge in [-0.3, -0.25) is 0 Å². The molecule has 0 aliphatic rings. The number of hydrogen-bond donors (Lipinski definition) is 1. The van der Waals surface area contributed by atoms with Gasteiger partial charge in [0.25, 0.3) is 0 Å². The van der Waals surface area contributed by atoms with Crippen LogP contribution in [0.2, 0.25) is 0 Å². The first-order valence-corrected chi connectivity index (χ1v) is 3.55. The molecule has 3 heteroatoms. The van der Waals surface area contributed by atoms with Gasteiger partial charge in [0.05, 0.1) is 4.47 Å². The van der Waals surface area contributed by atoms with Gasteiger partial charge in [0.15, 0.2) is 0 Å². The second kappa shape index (κ2) is 2.58. The molecule has 0 aliphatic heterocycles. The number of rotatable bonds is 0. The minimum atomic E-state index is -0.321. The van der Waals surface area contributed by atoms with Crippen LogP contribution in [0.15, 0.2) is 16.6 Å². The number of aromatic hydroxyl groups is 1. The number of aryl methyl sites for hydroxylation is 1. The molecule has 0 aliphatic carbocycles. The summed E-state index contributed by atoms with van der Waals surface area (Å²) in [6.45, 7) is 1.60. The average Bonchev–Trinajstić information content (AvgIpc) is 1.82. The van der Waals surface area contributed by atoms with Gasteiger partial charge in [-0.15, -0.1) is 0 Å². The average molecular weight is 205 g/mol. The molecule has 1 rings (SSSR count). The molecule has 0 amide bonds. The van der Waals surface area contributed by atoms with Gasteiger partial charge >= 0.3 is 0 Å². The highest BCUT2D eigenvalue weighted by Crippen LogP contribution is 2.23. The first-order valence-electron chi connectivity index (χ1n) is 2.76. The zero-order valence-electron chi connectivity index (χ0n) is 5.36. The Hall–Kier alpha value is -0.570. The molecule has 0 atom stereocenters. The van der Waals surface area contributed by atoms with Crippen molar-refractivity contribution in [1.82, 2.24) is 0 Å². The molecule has 0 saturated carbocycles. The Kier molecular flexibility index (Phi) is 1.94. The van der Waals surface area contributed by atoms with E-state index >= 15 is 0 Å². The first-order chi connectivity index (χ1) is 4.61. The second-order valence-electron chi connectivity index (χ2n) is 2.06. The van der Waals surface area contributed by atoms with Gasteiger partial charge in [0.1, 0.15) is 11.6 Å². The molecule has 54 valence electrons. The predicted molar refractivity (Wildman–Crippen MR) is 40.5 cm³/mol. The highest BCUT2D eigenvalue weighted by molar-refractivity contribution is 9.10. The lowest BCUT2D eigenvalue weighted by Crippen LogP contribution is -1.82. The quantitative estimate of drug-likeness (QED) is 0.690. The Labute approximate surface area is 66.6 Å². The van der Waals surface area contributed by atoms with Crippen molar-refractivity contribution in [2.24, 2.45) is 0 Å². The standard InChI is InChI=1S/C7H6BrFO/c1-4-2-5(10)3-6(8)7(4)9/h2-3,10H,1H3. The summed E-state index contributed by atoms with van der Waals surface area (Å²) in [6.07, 6.45) is 0. The highest BCUT2D eigenvalue weighted by atomic mass is 79.9. The zero-order chi connectivity index (χ0) is 7.72. The summed E-state index contributed by atoms with van der Waals surface area (Å²) >= 11 is 2.96. The van der Waals surface area contributed by atoms with Crippen molar-refractivity contribution in [1.29, 1.82) is 0 Å². The molecule has 1 N–H and O–H groups in total. The number of benzene rings is 1. The van der Waals surface area contributed by atoms with Gasteiger partial charge in [-0.05, 0) is 40.5 Å². The topological polar surface area (TPSA) is 20.2 Å². The Morgan fingerprint density at radius 2 is 2.10 bits per heavy atom. The molecule has 0 heterocycles. The number of phenolic OH excluding ortho intramolecular Hbond substituents is 1. The molecule has 0 unspecified atom stereocenters. The summed E-state index contributed by atoms with van der Waals surface area (Å²) < 4.78 is 13.0. The minimum Gasteiger partial charge on any atom is -0.508 e. The molecule has 0 aromatic heterocycles. The van der Waals surface area contributed by atoms with E-state index in [0.717, 1.165) is 0 Å². The summed E-state index contributed by atoms with van der Waals surface area (Å²) in [5.41, 5.74) is 0.437. The van der Waals surface area contributed by atoms with Crippen LogP contribution in [-0.4, -0.2) is 5.11 Å². The monoisotopic (exact) mass is 204 g/mol. The summed E-state index contributed by atoms with van der Waals surface area (Å²) in [6, 6.07) is 2.70. The number of hydrogen-bond acceptors (Lipinski definition) is 1. The van der Waals surface area contributed by atoms with Crippen molar-refractivity contribution in [3.05, 3.63) is 28.0 Å². The second-order valence-corrected chi connectivity index (χ2v) is 2.91. The number of halogens is 2. The van der Waals surface area contributed by atoms with Crippen LogP contribution in [0.5, 0.6) is 5.75 Å². The van der Waals surface area contributed by atoms with Gasteiger partial charge in [-0.2, -0.15) is 0 Å². The smallest absolute Gasteiger partial charge is 0.140 e. The van der Waals surface area contributed by atoms with Crippen LogP contribution in [0.25, 0.3) is 0 Å². The Bertz CT molecular complexity index is 237. The van der Waals surface area contributed by atoms with E-state index in [1.165, 1.54) is 12.1 Å². The van der Waals surface area contributed by atoms with E-state index in [0.29, 0.717) is 10.0 Å². The fourth-order valence-electron chi connectivity index (χ4n) is 0.708. The summed E-state index contributed by atoms with van der Waals surface area (Å²) in [4.78, 5) is 0. The third kappa shape index (κ3) is 1.29. The molecule has 0 fully saturated rings. The Morgan fingerprint density at radius 3 is 2.60 bits per heavy atom. The fourth-order valence-corrected chi connectivity index (χ4v) is 1.26. The third-order valence-corrected chi connectivity index (χ3v) is 1.77. The normalized spacial score (nSPS) is 9.90. The Balaban J connectivity index is 3.31.